The maximum Gasteiger partial charge on any atom is 0.252 e. The number of para-hydroxylation sites is 2. The first kappa shape index (κ1) is 72.8. The number of hydrogen-bond acceptors (Lipinski definition) is 3. The number of fused-ring (bicyclic) bond motifs is 13. The van der Waals surface area contributed by atoms with Gasteiger partial charge in [0.15, 0.2) is 0 Å². The van der Waals surface area contributed by atoms with Crippen LogP contribution in [-0.2, 0) is 32.5 Å². The van der Waals surface area contributed by atoms with E-state index in [2.05, 4.69) is 429 Å². The molecule has 0 bridgehead atoms. The quantitative estimate of drug-likeness (QED) is 0.141. The summed E-state index contributed by atoms with van der Waals surface area (Å²) in [6.07, 6.45) is 0. The van der Waals surface area contributed by atoms with E-state index in [1.165, 1.54) is 130 Å². The van der Waals surface area contributed by atoms with E-state index in [0.717, 1.165) is 73.2 Å². The minimum absolute atomic E-state index is 0.0638. The molecule has 562 valence electrons. The van der Waals surface area contributed by atoms with Crippen molar-refractivity contribution in [1.29, 1.82) is 0 Å². The van der Waals surface area contributed by atoms with Gasteiger partial charge in [-0.3, -0.25) is 0 Å². The van der Waals surface area contributed by atoms with Gasteiger partial charge in [0.05, 0.1) is 33.4 Å². The number of nitrogens with zero attached hydrogens (tertiary/aromatic N) is 4. The van der Waals surface area contributed by atoms with Gasteiger partial charge < -0.3 is 18.9 Å². The Kier molecular flexibility index (Phi) is 16.6. The summed E-state index contributed by atoms with van der Waals surface area (Å²) in [5.74, 6) is 0. The summed E-state index contributed by atoms with van der Waals surface area (Å²) in [4.78, 5) is 5.52. The second-order valence-corrected chi connectivity index (χ2v) is 39.8. The van der Waals surface area contributed by atoms with E-state index < -0.39 is 0 Å². The fourth-order valence-electron chi connectivity index (χ4n) is 18.2. The minimum Gasteiger partial charge on any atom is -0.311 e. The molecule has 0 saturated heterocycles. The van der Waals surface area contributed by atoms with Crippen LogP contribution in [0, 0.1) is 0 Å². The molecule has 114 heavy (non-hydrogen) atoms. The summed E-state index contributed by atoms with van der Waals surface area (Å²) in [5, 5.41) is 7.40. The number of rotatable bonds is 8. The Morgan fingerprint density at radius 3 is 1.15 bits per heavy atom. The third-order valence-corrected chi connectivity index (χ3v) is 25.8. The van der Waals surface area contributed by atoms with E-state index in [1.807, 2.05) is 11.3 Å². The Hall–Kier alpha value is -11.4. The van der Waals surface area contributed by atoms with Gasteiger partial charge in [-0.15, -0.1) is 11.3 Å². The van der Waals surface area contributed by atoms with Crippen molar-refractivity contribution >= 4 is 132 Å². The van der Waals surface area contributed by atoms with Crippen molar-refractivity contribution in [2.75, 3.05) is 9.80 Å². The molecular weight excluding hydrogens is 1400 g/mol. The van der Waals surface area contributed by atoms with E-state index in [4.69, 9.17) is 0 Å². The summed E-state index contributed by atoms with van der Waals surface area (Å²) in [6.45, 7) is 42.3. The van der Waals surface area contributed by atoms with Crippen LogP contribution in [0.15, 0.2) is 285 Å². The van der Waals surface area contributed by atoms with E-state index >= 15 is 0 Å². The van der Waals surface area contributed by atoms with Crippen LogP contribution in [0.25, 0.3) is 120 Å². The van der Waals surface area contributed by atoms with Crippen molar-refractivity contribution in [2.24, 2.45) is 0 Å². The van der Waals surface area contributed by atoms with Crippen LogP contribution in [0.4, 0.5) is 34.1 Å². The average molecular weight is 1500 g/mol. The van der Waals surface area contributed by atoms with Crippen LogP contribution in [0.2, 0.25) is 0 Å². The van der Waals surface area contributed by atoms with Gasteiger partial charge in [0.25, 0.3) is 6.71 Å². The number of aromatic nitrogens is 2. The fourth-order valence-corrected chi connectivity index (χ4v) is 19.4. The van der Waals surface area contributed by atoms with Crippen molar-refractivity contribution in [3.8, 4) is 55.9 Å². The highest BCUT2D eigenvalue weighted by Gasteiger charge is 2.46. The zero-order valence-corrected chi connectivity index (χ0v) is 70.2. The Labute approximate surface area is 678 Å². The molecule has 0 saturated carbocycles. The Balaban J connectivity index is 1.02. The molecule has 0 aliphatic carbocycles. The molecule has 17 aromatic rings. The third kappa shape index (κ3) is 12.1. The van der Waals surface area contributed by atoms with Gasteiger partial charge in [0.2, 0.25) is 0 Å². The van der Waals surface area contributed by atoms with Gasteiger partial charge in [0.1, 0.15) is 0 Å². The second-order valence-electron chi connectivity index (χ2n) is 38.7. The van der Waals surface area contributed by atoms with Crippen LogP contribution in [0.5, 0.6) is 0 Å². The first-order valence-corrected chi connectivity index (χ1v) is 41.8. The van der Waals surface area contributed by atoms with Gasteiger partial charge in [-0.25, -0.2) is 0 Å². The summed E-state index contributed by atoms with van der Waals surface area (Å²) in [5.41, 5.74) is 34.1. The molecular formula is C108H101BN4S. The molecule has 6 heteroatoms. The van der Waals surface area contributed by atoms with Crippen molar-refractivity contribution in [3.05, 3.63) is 318 Å². The predicted molar refractivity (Wildman–Crippen MR) is 496 cm³/mol. The van der Waals surface area contributed by atoms with Crippen molar-refractivity contribution in [3.63, 3.8) is 0 Å². The second kappa shape index (κ2) is 26.1. The summed E-state index contributed by atoms with van der Waals surface area (Å²) in [7, 11) is 0. The molecule has 2 aliphatic rings. The van der Waals surface area contributed by atoms with Crippen molar-refractivity contribution in [1.82, 2.24) is 9.13 Å². The topological polar surface area (TPSA) is 16.3 Å². The number of benzene rings is 14. The molecule has 0 amide bonds. The summed E-state index contributed by atoms with van der Waals surface area (Å²) < 4.78 is 7.61. The third-order valence-electron chi connectivity index (χ3n) is 24.7. The zero-order chi connectivity index (χ0) is 79.2. The highest BCUT2D eigenvalue weighted by atomic mass is 32.1. The van der Waals surface area contributed by atoms with Crippen LogP contribution >= 0.6 is 11.3 Å². The van der Waals surface area contributed by atoms with E-state index in [1.54, 1.807) is 0 Å². The maximum atomic E-state index is 2.76. The van der Waals surface area contributed by atoms with Crippen LogP contribution < -0.4 is 26.2 Å². The SMILES string of the molecule is CC(C)(C)c1cc(-c2ccc3c(c2)N(c2cc(-c4ccccc4)cc4c2c2ccccc2n4-c2ccccc2)c2cc(-c4cc(C(C)(C)C)cc(C(C)(C)C)c4)cc4c2B3c2ccc(-n3c5ccc(C(C)(C)C)cc5c5cc(C(C)(C)C)ccc53)cc2N4c2cc(-c3ccccc3)cc3sc4ccccc4c23)cc(C(C)(C)C)c1. The minimum atomic E-state index is -0.256. The molecule has 19 rings (SSSR count). The highest BCUT2D eigenvalue weighted by Crippen LogP contribution is 2.55. The standard InChI is InChI=1S/C108H101BN4S/c1-103(2,3)74-43-48-89-84(63-74)85-64-75(104(4,5)6)44-49-90(85)111(89)81-45-47-87-92(65-81)113(95-57-73(67-34-24-20-25-35-67)60-99-101(95)83-39-29-31-41-98(83)114-99)97-59-72(70-52-78(107(13,14)15)62-79(53-70)108(16,17)18)58-96-102(97)109(87)86-46-42-68(69-50-76(105(7,8)9)61-77(51-69)106(10,11)12)54-91(86)112(96)94-56-71(66-32-22-19-23-33-66)55-93-100(94)82-38-28-30-40-88(82)110(93)80-36-26-21-27-37-80/h19-65H,1-18H3. The Morgan fingerprint density at radius 2 is 0.623 bits per heavy atom. The van der Waals surface area contributed by atoms with Gasteiger partial charge in [-0.1, -0.05) is 307 Å². The molecule has 4 nitrogen and oxygen atoms in total. The van der Waals surface area contributed by atoms with Crippen molar-refractivity contribution in [2.45, 2.75) is 157 Å². The monoisotopic (exact) mass is 1500 g/mol. The van der Waals surface area contributed by atoms with Crippen LogP contribution in [-0.4, -0.2) is 15.8 Å². The molecule has 3 aromatic heterocycles. The summed E-state index contributed by atoms with van der Waals surface area (Å²) in [6, 6.07) is 112. The van der Waals surface area contributed by atoms with E-state index in [0.29, 0.717) is 0 Å². The number of hydrogen-bond donors (Lipinski definition) is 0. The molecule has 2 aliphatic heterocycles. The lowest BCUT2D eigenvalue weighted by Gasteiger charge is -2.45. The van der Waals surface area contributed by atoms with Crippen LogP contribution in [0.1, 0.15) is 158 Å². The first-order chi connectivity index (χ1) is 54.3. The first-order valence-electron chi connectivity index (χ1n) is 41.0. The summed E-state index contributed by atoms with van der Waals surface area (Å²) >= 11 is 1.90. The Bertz CT molecular complexity index is 6650. The molecule has 0 N–H and O–H groups in total. The van der Waals surface area contributed by atoms with Gasteiger partial charge in [-0.2, -0.15) is 0 Å². The zero-order valence-electron chi connectivity index (χ0n) is 69.4. The predicted octanol–water partition coefficient (Wildman–Crippen LogP) is 28.8. The maximum absolute atomic E-state index is 2.76. The average Bonchev–Trinajstić information content (AvgIpc) is 0.982. The Morgan fingerprint density at radius 1 is 0.228 bits per heavy atom. The van der Waals surface area contributed by atoms with Gasteiger partial charge in [0, 0.05) is 75.8 Å². The van der Waals surface area contributed by atoms with Gasteiger partial charge >= 0.3 is 0 Å². The molecule has 0 radical (unpaired) electrons. The number of anilines is 6. The lowest BCUT2D eigenvalue weighted by atomic mass is 9.33. The molecule has 5 heterocycles. The lowest BCUT2D eigenvalue weighted by Crippen LogP contribution is -2.61. The molecule has 0 atom stereocenters. The molecule has 14 aromatic carbocycles. The largest absolute Gasteiger partial charge is 0.311 e. The molecule has 0 fully saturated rings. The smallest absolute Gasteiger partial charge is 0.252 e. The lowest BCUT2D eigenvalue weighted by molar-refractivity contribution is 0.568. The van der Waals surface area contributed by atoms with Crippen molar-refractivity contribution < 1.29 is 0 Å². The van der Waals surface area contributed by atoms with E-state index in [9.17, 15) is 0 Å². The highest BCUT2D eigenvalue weighted by molar-refractivity contribution is 7.26. The molecule has 0 spiro atoms. The van der Waals surface area contributed by atoms with E-state index in [-0.39, 0.29) is 39.2 Å². The number of thiophene rings is 1. The molecule has 0 unspecified atom stereocenters. The van der Waals surface area contributed by atoms with Crippen LogP contribution in [0.3, 0.4) is 0 Å². The normalized spacial score (nSPS) is 13.5. The van der Waals surface area contributed by atoms with Gasteiger partial charge in [-0.05, 0) is 230 Å². The fraction of sp³-hybridized carbons (Fsp3) is 0.222.